The standard InChI is InChI=1S/C16H20N4O2/c1-18-13(8-15(21)19(2)16(18)22)10-20-9-12(17)7-11-5-3-4-6-14(11)20/h3-6,8,12H,7,9-10,17H2,1-2H3. The molecule has 22 heavy (non-hydrogen) atoms. The van der Waals surface area contributed by atoms with E-state index >= 15 is 0 Å². The highest BCUT2D eigenvalue weighted by molar-refractivity contribution is 5.56. The van der Waals surface area contributed by atoms with Crippen LogP contribution in [0.4, 0.5) is 5.69 Å². The van der Waals surface area contributed by atoms with Gasteiger partial charge in [0, 0.05) is 44.1 Å². The van der Waals surface area contributed by atoms with Crippen LogP contribution in [0.2, 0.25) is 0 Å². The topological polar surface area (TPSA) is 73.3 Å². The van der Waals surface area contributed by atoms with Crippen molar-refractivity contribution in [2.24, 2.45) is 19.8 Å². The molecule has 6 nitrogen and oxygen atoms in total. The summed E-state index contributed by atoms with van der Waals surface area (Å²) in [5.41, 5.74) is 8.56. The summed E-state index contributed by atoms with van der Waals surface area (Å²) in [5, 5.41) is 0. The van der Waals surface area contributed by atoms with Crippen LogP contribution in [0, 0.1) is 0 Å². The summed E-state index contributed by atoms with van der Waals surface area (Å²) >= 11 is 0. The third-order valence-electron chi connectivity index (χ3n) is 4.25. The predicted molar refractivity (Wildman–Crippen MR) is 86.1 cm³/mol. The Labute approximate surface area is 128 Å². The third-order valence-corrected chi connectivity index (χ3v) is 4.25. The predicted octanol–water partition coefficient (Wildman–Crippen LogP) is -0.0260. The van der Waals surface area contributed by atoms with Crippen molar-refractivity contribution in [3.63, 3.8) is 0 Å². The molecule has 3 rings (SSSR count). The fourth-order valence-corrected chi connectivity index (χ4v) is 3.00. The second kappa shape index (κ2) is 5.46. The lowest BCUT2D eigenvalue weighted by Crippen LogP contribution is -2.45. The van der Waals surface area contributed by atoms with Crippen LogP contribution in [-0.2, 0) is 27.1 Å². The van der Waals surface area contributed by atoms with E-state index in [9.17, 15) is 9.59 Å². The Morgan fingerprint density at radius 3 is 2.68 bits per heavy atom. The number of fused-ring (bicyclic) bond motifs is 1. The Bertz CT molecular complexity index is 822. The van der Waals surface area contributed by atoms with E-state index in [1.165, 1.54) is 23.2 Å². The first-order chi connectivity index (χ1) is 10.5. The molecule has 1 unspecified atom stereocenters. The summed E-state index contributed by atoms with van der Waals surface area (Å²) in [5.74, 6) is 0. The summed E-state index contributed by atoms with van der Waals surface area (Å²) in [6.45, 7) is 1.20. The zero-order chi connectivity index (χ0) is 15.9. The van der Waals surface area contributed by atoms with Crippen molar-refractivity contribution in [3.05, 3.63) is 62.4 Å². The van der Waals surface area contributed by atoms with Crippen LogP contribution < -0.4 is 21.9 Å². The van der Waals surface area contributed by atoms with Gasteiger partial charge in [-0.15, -0.1) is 0 Å². The fraction of sp³-hybridized carbons (Fsp3) is 0.375. The lowest BCUT2D eigenvalue weighted by molar-refractivity contribution is 0.575. The summed E-state index contributed by atoms with van der Waals surface area (Å²) in [4.78, 5) is 26.1. The molecule has 1 atom stereocenters. The molecule has 0 saturated heterocycles. The molecule has 0 fully saturated rings. The molecule has 0 bridgehead atoms. The maximum atomic E-state index is 12.0. The van der Waals surface area contributed by atoms with Crippen molar-refractivity contribution in [1.29, 1.82) is 0 Å². The molecule has 2 aromatic rings. The first-order valence-corrected chi connectivity index (χ1v) is 7.31. The average Bonchev–Trinajstić information content (AvgIpc) is 2.50. The van der Waals surface area contributed by atoms with Gasteiger partial charge in [0.1, 0.15) is 0 Å². The summed E-state index contributed by atoms with van der Waals surface area (Å²) < 4.78 is 2.63. The number of nitrogens with two attached hydrogens (primary N) is 1. The molecule has 0 amide bonds. The molecule has 6 heteroatoms. The monoisotopic (exact) mass is 300 g/mol. The minimum absolute atomic E-state index is 0.0541. The molecule has 0 saturated carbocycles. The Morgan fingerprint density at radius 1 is 1.18 bits per heavy atom. The first-order valence-electron chi connectivity index (χ1n) is 7.31. The van der Waals surface area contributed by atoms with Crippen molar-refractivity contribution in [1.82, 2.24) is 9.13 Å². The summed E-state index contributed by atoms with van der Waals surface area (Å²) in [7, 11) is 3.17. The van der Waals surface area contributed by atoms with E-state index in [-0.39, 0.29) is 17.3 Å². The van der Waals surface area contributed by atoms with Crippen molar-refractivity contribution in [2.75, 3.05) is 11.4 Å². The molecule has 1 aliphatic rings. The Hall–Kier alpha value is -2.34. The molecule has 1 aromatic heterocycles. The minimum Gasteiger partial charge on any atom is -0.364 e. The van der Waals surface area contributed by atoms with Gasteiger partial charge in [-0.05, 0) is 18.1 Å². The van der Waals surface area contributed by atoms with Gasteiger partial charge >= 0.3 is 5.69 Å². The zero-order valence-corrected chi connectivity index (χ0v) is 12.8. The Morgan fingerprint density at radius 2 is 1.91 bits per heavy atom. The number of para-hydroxylation sites is 1. The van der Waals surface area contributed by atoms with Gasteiger partial charge in [-0.1, -0.05) is 18.2 Å². The van der Waals surface area contributed by atoms with Gasteiger partial charge in [-0.3, -0.25) is 13.9 Å². The van der Waals surface area contributed by atoms with Gasteiger partial charge in [-0.2, -0.15) is 0 Å². The van der Waals surface area contributed by atoms with Gasteiger partial charge in [0.25, 0.3) is 5.56 Å². The van der Waals surface area contributed by atoms with Crippen molar-refractivity contribution < 1.29 is 0 Å². The second-order valence-corrected chi connectivity index (χ2v) is 5.85. The van der Waals surface area contributed by atoms with E-state index in [1.807, 2.05) is 12.1 Å². The highest BCUT2D eigenvalue weighted by Crippen LogP contribution is 2.27. The molecule has 0 spiro atoms. The van der Waals surface area contributed by atoms with Gasteiger partial charge < -0.3 is 10.6 Å². The smallest absolute Gasteiger partial charge is 0.330 e. The molecule has 2 N–H and O–H groups in total. The maximum Gasteiger partial charge on any atom is 0.330 e. The lowest BCUT2D eigenvalue weighted by atomic mass is 9.98. The average molecular weight is 300 g/mol. The highest BCUT2D eigenvalue weighted by atomic mass is 16.2. The highest BCUT2D eigenvalue weighted by Gasteiger charge is 2.22. The normalized spacial score (nSPS) is 17.4. The van der Waals surface area contributed by atoms with Crippen LogP contribution in [0.25, 0.3) is 0 Å². The van der Waals surface area contributed by atoms with E-state index < -0.39 is 0 Å². The molecular weight excluding hydrogens is 280 g/mol. The fourth-order valence-electron chi connectivity index (χ4n) is 3.00. The summed E-state index contributed by atoms with van der Waals surface area (Å²) in [6, 6.07) is 9.70. The van der Waals surface area contributed by atoms with Gasteiger partial charge in [0.05, 0.1) is 6.54 Å². The van der Waals surface area contributed by atoms with E-state index in [1.54, 1.807) is 7.05 Å². The van der Waals surface area contributed by atoms with Crippen LogP contribution in [0.1, 0.15) is 11.3 Å². The van der Waals surface area contributed by atoms with Crippen molar-refractivity contribution in [3.8, 4) is 0 Å². The molecule has 0 radical (unpaired) electrons. The van der Waals surface area contributed by atoms with Crippen LogP contribution >= 0.6 is 0 Å². The van der Waals surface area contributed by atoms with E-state index in [2.05, 4.69) is 17.0 Å². The summed E-state index contributed by atoms with van der Waals surface area (Å²) in [6.07, 6.45) is 0.849. The number of hydrogen-bond donors (Lipinski definition) is 1. The lowest BCUT2D eigenvalue weighted by Gasteiger charge is -2.35. The molecular formula is C16H20N4O2. The molecule has 1 aliphatic heterocycles. The van der Waals surface area contributed by atoms with Gasteiger partial charge in [-0.25, -0.2) is 4.79 Å². The molecule has 116 valence electrons. The maximum absolute atomic E-state index is 12.0. The number of anilines is 1. The molecule has 1 aromatic carbocycles. The van der Waals surface area contributed by atoms with E-state index in [0.29, 0.717) is 18.8 Å². The quantitative estimate of drug-likeness (QED) is 0.845. The van der Waals surface area contributed by atoms with Crippen LogP contribution in [-0.4, -0.2) is 21.7 Å². The van der Waals surface area contributed by atoms with Gasteiger partial charge in [0.2, 0.25) is 0 Å². The van der Waals surface area contributed by atoms with E-state index in [4.69, 9.17) is 5.73 Å². The number of aromatic nitrogens is 2. The first kappa shape index (κ1) is 14.6. The molecule has 0 aliphatic carbocycles. The molecule has 2 heterocycles. The van der Waals surface area contributed by atoms with E-state index in [0.717, 1.165) is 16.7 Å². The second-order valence-electron chi connectivity index (χ2n) is 5.85. The third kappa shape index (κ3) is 2.46. The van der Waals surface area contributed by atoms with Crippen LogP contribution in [0.5, 0.6) is 0 Å². The SMILES string of the molecule is Cn1c(CN2CC(N)Cc3ccccc32)cc(=O)n(C)c1=O. The zero-order valence-electron chi connectivity index (χ0n) is 12.8. The van der Waals surface area contributed by atoms with Gasteiger partial charge in [0.15, 0.2) is 0 Å². The number of nitrogens with zero attached hydrogens (tertiary/aromatic N) is 3. The Balaban J connectivity index is 2.01. The number of benzene rings is 1. The number of hydrogen-bond acceptors (Lipinski definition) is 4. The van der Waals surface area contributed by atoms with Crippen LogP contribution in [0.3, 0.4) is 0 Å². The van der Waals surface area contributed by atoms with Crippen molar-refractivity contribution >= 4 is 5.69 Å². The Kier molecular flexibility index (Phi) is 3.62. The minimum atomic E-state index is -0.308. The van der Waals surface area contributed by atoms with Crippen LogP contribution in [0.15, 0.2) is 39.9 Å². The number of rotatable bonds is 2. The van der Waals surface area contributed by atoms with Crippen molar-refractivity contribution in [2.45, 2.75) is 19.0 Å². The largest absolute Gasteiger partial charge is 0.364 e.